The minimum absolute atomic E-state index is 0.119. The van der Waals surface area contributed by atoms with Gasteiger partial charge >= 0.3 is 0 Å². The molecule has 0 radical (unpaired) electrons. The molecule has 0 saturated carbocycles. The third kappa shape index (κ3) is 17.2. The van der Waals surface area contributed by atoms with Gasteiger partial charge in [-0.2, -0.15) is 8.42 Å². The summed E-state index contributed by atoms with van der Waals surface area (Å²) in [5.74, 6) is -0.419. The number of ketones is 1. The normalized spacial score (nSPS) is 14.6. The maximum absolute atomic E-state index is 12.1. The van der Waals surface area contributed by atoms with E-state index in [0.29, 0.717) is 25.7 Å². The maximum atomic E-state index is 12.1. The fraction of sp³-hybridized carbons (Fsp3) is 0.955. The summed E-state index contributed by atoms with van der Waals surface area (Å²) in [6.45, 7) is 2.35. The number of carbonyl (C=O) groups excluding carboxylic acids is 1. The van der Waals surface area contributed by atoms with Gasteiger partial charge in [-0.25, -0.2) is 0 Å². The Morgan fingerprint density at radius 1 is 0.900 bits per heavy atom. The Labute approximate surface area is 184 Å². The van der Waals surface area contributed by atoms with Crippen LogP contribution in [-0.4, -0.2) is 67.0 Å². The highest BCUT2D eigenvalue weighted by atomic mass is 32.2. The summed E-state index contributed by atoms with van der Waals surface area (Å²) in [6.07, 6.45) is 13.5. The van der Waals surface area contributed by atoms with Gasteiger partial charge in [0.05, 0.1) is 14.1 Å². The van der Waals surface area contributed by atoms with Crippen molar-refractivity contribution in [3.05, 3.63) is 0 Å². The second-order valence-corrected chi connectivity index (χ2v) is 10.8. The number of quaternary nitrogens is 1. The predicted octanol–water partition coefficient (Wildman–Crippen LogP) is 3.65. The summed E-state index contributed by atoms with van der Waals surface area (Å²) in [4.78, 5) is 12.1. The lowest BCUT2D eigenvalue weighted by atomic mass is 10.0. The molecule has 0 aliphatic heterocycles. The Morgan fingerprint density at radius 3 is 1.87 bits per heavy atom. The van der Waals surface area contributed by atoms with Crippen LogP contribution in [0.15, 0.2) is 0 Å². The van der Waals surface area contributed by atoms with Gasteiger partial charge < -0.3 is 9.59 Å². The fourth-order valence-electron chi connectivity index (χ4n) is 3.77. The molecule has 0 amide bonds. The van der Waals surface area contributed by atoms with Gasteiger partial charge in [0.1, 0.15) is 30.4 Å². The standard InChI is InChI=1S/C22H46N2O5S/c1-4-5-6-7-8-9-10-11-12-13-15-20(25)16-14-17-22(23)24(2,3)18-21(26)19-30(27,28)29/h21-22,26H,4-19,23H2,1-3H3/p+1. The number of hydrogen-bond donors (Lipinski definition) is 3. The van der Waals surface area contributed by atoms with Crippen molar-refractivity contribution in [3.8, 4) is 0 Å². The Bertz CT molecular complexity index is 552. The van der Waals surface area contributed by atoms with Crippen LogP contribution in [0.2, 0.25) is 0 Å². The second-order valence-electron chi connectivity index (χ2n) is 9.29. The monoisotopic (exact) mass is 451 g/mol. The van der Waals surface area contributed by atoms with Crippen LogP contribution in [0.1, 0.15) is 96.8 Å². The molecular formula is C22H47N2O5S+. The van der Waals surface area contributed by atoms with Crippen molar-refractivity contribution in [2.45, 2.75) is 109 Å². The fourth-order valence-corrected chi connectivity index (χ4v) is 4.36. The zero-order chi connectivity index (χ0) is 23.0. The van der Waals surface area contributed by atoms with Gasteiger partial charge in [0, 0.05) is 19.3 Å². The summed E-state index contributed by atoms with van der Waals surface area (Å²) in [5.41, 5.74) is 6.19. The molecule has 30 heavy (non-hydrogen) atoms. The molecule has 0 aliphatic rings. The first-order valence-corrected chi connectivity index (χ1v) is 13.3. The number of nitrogens with two attached hydrogens (primary N) is 1. The van der Waals surface area contributed by atoms with E-state index in [1.54, 1.807) is 0 Å². The van der Waals surface area contributed by atoms with Gasteiger partial charge in [0.15, 0.2) is 0 Å². The number of hydrogen-bond acceptors (Lipinski definition) is 5. The largest absolute Gasteiger partial charge is 0.386 e. The molecular weight excluding hydrogens is 404 g/mol. The lowest BCUT2D eigenvalue weighted by molar-refractivity contribution is -0.917. The Balaban J connectivity index is 3.81. The van der Waals surface area contributed by atoms with E-state index in [9.17, 15) is 18.3 Å². The van der Waals surface area contributed by atoms with Crippen molar-refractivity contribution in [1.29, 1.82) is 0 Å². The minimum atomic E-state index is -4.22. The second kappa shape index (κ2) is 16.1. The predicted molar refractivity (Wildman–Crippen MR) is 123 cm³/mol. The minimum Gasteiger partial charge on any atom is -0.386 e. The lowest BCUT2D eigenvalue weighted by Gasteiger charge is -2.37. The average molecular weight is 452 g/mol. The SMILES string of the molecule is CCCCCCCCCCCCC(=O)CCCC(N)[N+](C)(C)CC(O)CS(=O)(=O)O. The molecule has 2 atom stereocenters. The first kappa shape index (κ1) is 29.5. The Morgan fingerprint density at radius 2 is 1.37 bits per heavy atom. The number of likely N-dealkylation sites (N-methyl/N-ethyl adjacent to an activating group) is 1. The molecule has 0 aromatic carbocycles. The highest BCUT2D eigenvalue weighted by Crippen LogP contribution is 2.14. The van der Waals surface area contributed by atoms with Crippen LogP contribution in [0.4, 0.5) is 0 Å². The van der Waals surface area contributed by atoms with Crippen LogP contribution < -0.4 is 5.73 Å². The molecule has 2 unspecified atom stereocenters. The van der Waals surface area contributed by atoms with E-state index in [1.165, 1.54) is 51.4 Å². The first-order chi connectivity index (χ1) is 14.0. The summed E-state index contributed by atoms with van der Waals surface area (Å²) < 4.78 is 30.8. The van der Waals surface area contributed by atoms with Gasteiger partial charge in [0.2, 0.25) is 0 Å². The van der Waals surface area contributed by atoms with E-state index in [1.807, 2.05) is 14.1 Å². The molecule has 0 saturated heterocycles. The zero-order valence-electron chi connectivity index (χ0n) is 19.5. The van der Waals surface area contributed by atoms with Gasteiger partial charge in [-0.05, 0) is 12.8 Å². The van der Waals surface area contributed by atoms with Crippen molar-refractivity contribution in [2.24, 2.45) is 5.73 Å². The van der Waals surface area contributed by atoms with Crippen molar-refractivity contribution >= 4 is 15.9 Å². The number of aliphatic hydroxyl groups is 1. The number of unbranched alkanes of at least 4 members (excludes halogenated alkanes) is 9. The van der Waals surface area contributed by atoms with Gasteiger partial charge in [-0.1, -0.05) is 64.7 Å². The van der Waals surface area contributed by atoms with E-state index in [4.69, 9.17) is 10.3 Å². The van der Waals surface area contributed by atoms with Crippen molar-refractivity contribution in [3.63, 3.8) is 0 Å². The number of carbonyl (C=O) groups is 1. The average Bonchev–Trinajstić information content (AvgIpc) is 2.61. The van der Waals surface area contributed by atoms with Crippen molar-refractivity contribution in [2.75, 3.05) is 26.4 Å². The molecule has 4 N–H and O–H groups in total. The van der Waals surface area contributed by atoms with Crippen LogP contribution in [0, 0.1) is 0 Å². The summed E-state index contributed by atoms with van der Waals surface area (Å²) in [5, 5.41) is 9.84. The van der Waals surface area contributed by atoms with Crippen LogP contribution >= 0.6 is 0 Å². The van der Waals surface area contributed by atoms with E-state index >= 15 is 0 Å². The lowest BCUT2D eigenvalue weighted by Crippen LogP contribution is -2.57. The van der Waals surface area contributed by atoms with E-state index in [2.05, 4.69) is 6.92 Å². The van der Waals surface area contributed by atoms with Crippen LogP contribution in [0.3, 0.4) is 0 Å². The molecule has 0 aliphatic carbocycles. The summed E-state index contributed by atoms with van der Waals surface area (Å²) in [7, 11) is -0.599. The Kier molecular flexibility index (Phi) is 15.9. The topological polar surface area (TPSA) is 118 Å². The molecule has 0 rings (SSSR count). The van der Waals surface area contributed by atoms with Gasteiger partial charge in [-0.3, -0.25) is 15.1 Å². The molecule has 0 aromatic rings. The van der Waals surface area contributed by atoms with Crippen LogP contribution in [0.25, 0.3) is 0 Å². The third-order valence-electron chi connectivity index (χ3n) is 5.75. The Hall–Kier alpha value is -0.540. The summed E-state index contributed by atoms with van der Waals surface area (Å²) in [6, 6.07) is 0. The van der Waals surface area contributed by atoms with Gasteiger partial charge in [-0.15, -0.1) is 0 Å². The van der Waals surface area contributed by atoms with Gasteiger partial charge in [0.25, 0.3) is 10.1 Å². The molecule has 0 heterocycles. The molecule has 0 fully saturated rings. The maximum Gasteiger partial charge on any atom is 0.267 e. The van der Waals surface area contributed by atoms with Crippen LogP contribution in [-0.2, 0) is 14.9 Å². The van der Waals surface area contributed by atoms with Crippen molar-refractivity contribution in [1.82, 2.24) is 0 Å². The van der Waals surface area contributed by atoms with E-state index in [0.717, 1.165) is 12.8 Å². The molecule has 8 heteroatoms. The molecule has 0 bridgehead atoms. The number of rotatable bonds is 20. The number of aliphatic hydroxyl groups excluding tert-OH is 1. The third-order valence-corrected chi connectivity index (χ3v) is 6.55. The highest BCUT2D eigenvalue weighted by molar-refractivity contribution is 7.85. The molecule has 0 spiro atoms. The number of nitrogens with zero attached hydrogens (tertiary/aromatic N) is 1. The van der Waals surface area contributed by atoms with E-state index in [-0.39, 0.29) is 23.0 Å². The van der Waals surface area contributed by atoms with E-state index < -0.39 is 22.0 Å². The molecule has 180 valence electrons. The quantitative estimate of drug-likeness (QED) is 0.113. The highest BCUT2D eigenvalue weighted by Gasteiger charge is 2.29. The van der Waals surface area contributed by atoms with Crippen molar-refractivity contribution < 1.29 is 27.4 Å². The summed E-state index contributed by atoms with van der Waals surface area (Å²) >= 11 is 0. The smallest absolute Gasteiger partial charge is 0.267 e. The zero-order valence-corrected chi connectivity index (χ0v) is 20.3. The molecule has 7 nitrogen and oxygen atoms in total. The number of Topliss-reactive ketones (excluding diaryl/α,β-unsaturated/α-hetero) is 1. The van der Waals surface area contributed by atoms with Crippen LogP contribution in [0.5, 0.6) is 0 Å². The molecule has 0 aromatic heterocycles. The first-order valence-electron chi connectivity index (χ1n) is 11.7.